The van der Waals surface area contributed by atoms with Crippen molar-refractivity contribution in [1.29, 1.82) is 0 Å². The van der Waals surface area contributed by atoms with E-state index in [9.17, 15) is 5.11 Å². The molecule has 0 spiro atoms. The summed E-state index contributed by atoms with van der Waals surface area (Å²) < 4.78 is 2.41. The molecule has 1 atom stereocenters. The smallest absolute Gasteiger partial charge is 0.0486 e. The largest absolute Gasteiger partial charge is 0.396 e. The Kier molecular flexibility index (Phi) is 7.37. The van der Waals surface area contributed by atoms with Crippen molar-refractivity contribution in [3.63, 3.8) is 0 Å². The third-order valence-corrected chi connectivity index (χ3v) is 7.55. The molecule has 1 aromatic heterocycles. The molecule has 1 unspecified atom stereocenters. The summed E-state index contributed by atoms with van der Waals surface area (Å²) in [5, 5.41) is 11.2. The van der Waals surface area contributed by atoms with Crippen LogP contribution in [0.4, 0.5) is 0 Å². The zero-order valence-corrected chi connectivity index (χ0v) is 20.0. The van der Waals surface area contributed by atoms with Crippen LogP contribution in [0.5, 0.6) is 0 Å². The Bertz CT molecular complexity index is 837. The summed E-state index contributed by atoms with van der Waals surface area (Å²) in [5.74, 6) is 0. The number of rotatable bonds is 7. The average molecular weight is 427 g/mol. The Morgan fingerprint density at radius 2 is 1.71 bits per heavy atom. The van der Waals surface area contributed by atoms with Crippen LogP contribution in [0.25, 0.3) is 10.9 Å². The number of aliphatic hydroxyl groups excluding tert-OH is 1. The maximum absolute atomic E-state index is 9.77. The fourth-order valence-corrected chi connectivity index (χ4v) is 5.77. The summed E-state index contributed by atoms with van der Waals surface area (Å²) in [4.78, 5) is 7.96. The van der Waals surface area contributed by atoms with Crippen LogP contribution in [0.3, 0.4) is 0 Å². The molecule has 0 bridgehead atoms. The first-order valence-corrected chi connectivity index (χ1v) is 12.4. The SMILES string of the molecule is CC(C)N1CCC(N2CCN(Cc3cn(C(C)C)c4ccccc34)CC2CCO)CC1. The first-order chi connectivity index (χ1) is 15.0. The Morgan fingerprint density at radius 3 is 2.39 bits per heavy atom. The second-order valence-corrected chi connectivity index (χ2v) is 10.2. The van der Waals surface area contributed by atoms with Gasteiger partial charge in [-0.2, -0.15) is 0 Å². The van der Waals surface area contributed by atoms with E-state index in [0.29, 0.717) is 24.2 Å². The summed E-state index contributed by atoms with van der Waals surface area (Å²) in [7, 11) is 0. The van der Waals surface area contributed by atoms with Crippen molar-refractivity contribution in [2.24, 2.45) is 0 Å². The summed E-state index contributed by atoms with van der Waals surface area (Å²) >= 11 is 0. The molecule has 172 valence electrons. The lowest BCUT2D eigenvalue weighted by atomic mass is 9.97. The minimum atomic E-state index is 0.284. The highest BCUT2D eigenvalue weighted by Crippen LogP contribution is 2.28. The summed E-state index contributed by atoms with van der Waals surface area (Å²) in [6.45, 7) is 16.2. The van der Waals surface area contributed by atoms with Gasteiger partial charge in [0.15, 0.2) is 0 Å². The molecule has 31 heavy (non-hydrogen) atoms. The third kappa shape index (κ3) is 5.00. The predicted molar refractivity (Wildman–Crippen MR) is 130 cm³/mol. The first kappa shape index (κ1) is 22.8. The van der Waals surface area contributed by atoms with E-state index in [2.05, 4.69) is 77.4 Å². The van der Waals surface area contributed by atoms with Crippen LogP contribution < -0.4 is 0 Å². The highest BCUT2D eigenvalue weighted by molar-refractivity contribution is 5.84. The van der Waals surface area contributed by atoms with Gasteiger partial charge in [0.1, 0.15) is 0 Å². The van der Waals surface area contributed by atoms with Gasteiger partial charge in [-0.15, -0.1) is 0 Å². The molecular weight excluding hydrogens is 384 g/mol. The van der Waals surface area contributed by atoms with E-state index in [1.807, 2.05) is 0 Å². The molecule has 5 nitrogen and oxygen atoms in total. The third-order valence-electron chi connectivity index (χ3n) is 7.55. The minimum absolute atomic E-state index is 0.284. The van der Waals surface area contributed by atoms with Gasteiger partial charge in [-0.1, -0.05) is 18.2 Å². The van der Waals surface area contributed by atoms with Crippen molar-refractivity contribution in [3.05, 3.63) is 36.0 Å². The molecule has 1 aromatic carbocycles. The molecule has 1 N–H and O–H groups in total. The summed E-state index contributed by atoms with van der Waals surface area (Å²) in [6.07, 6.45) is 5.78. The van der Waals surface area contributed by atoms with Gasteiger partial charge in [-0.25, -0.2) is 0 Å². The molecule has 4 rings (SSSR count). The van der Waals surface area contributed by atoms with E-state index < -0.39 is 0 Å². The van der Waals surface area contributed by atoms with Crippen molar-refractivity contribution >= 4 is 10.9 Å². The molecule has 0 saturated carbocycles. The van der Waals surface area contributed by atoms with E-state index >= 15 is 0 Å². The lowest BCUT2D eigenvalue weighted by Crippen LogP contribution is -2.58. The van der Waals surface area contributed by atoms with Crippen molar-refractivity contribution in [2.45, 2.75) is 77.7 Å². The number of hydrogen-bond acceptors (Lipinski definition) is 4. The number of fused-ring (bicyclic) bond motifs is 1. The van der Waals surface area contributed by atoms with Gasteiger partial charge in [0.05, 0.1) is 0 Å². The Balaban J connectivity index is 1.44. The maximum atomic E-state index is 9.77. The van der Waals surface area contributed by atoms with Gasteiger partial charge >= 0.3 is 0 Å². The molecular formula is C26H42N4O. The van der Waals surface area contributed by atoms with Gasteiger partial charge in [-0.3, -0.25) is 9.80 Å². The van der Waals surface area contributed by atoms with Crippen LogP contribution in [-0.4, -0.2) is 81.8 Å². The number of aromatic nitrogens is 1. The van der Waals surface area contributed by atoms with Gasteiger partial charge in [-0.05, 0) is 71.7 Å². The van der Waals surface area contributed by atoms with Crippen molar-refractivity contribution in [2.75, 3.05) is 39.3 Å². The van der Waals surface area contributed by atoms with Gasteiger partial charge in [0.2, 0.25) is 0 Å². The highest BCUT2D eigenvalue weighted by Gasteiger charge is 2.34. The predicted octanol–water partition coefficient (Wildman–Crippen LogP) is 3.96. The number of piperidine rings is 1. The monoisotopic (exact) mass is 426 g/mol. The van der Waals surface area contributed by atoms with Crippen LogP contribution in [0.2, 0.25) is 0 Å². The Hall–Kier alpha value is -1.40. The number of benzene rings is 1. The van der Waals surface area contributed by atoms with Crippen LogP contribution in [0.1, 0.15) is 58.6 Å². The van der Waals surface area contributed by atoms with E-state index in [0.717, 1.165) is 32.6 Å². The lowest BCUT2D eigenvalue weighted by molar-refractivity contribution is 0.0000587. The second-order valence-electron chi connectivity index (χ2n) is 10.2. The molecule has 2 aliphatic heterocycles. The van der Waals surface area contributed by atoms with Crippen molar-refractivity contribution < 1.29 is 5.11 Å². The van der Waals surface area contributed by atoms with Crippen LogP contribution in [0, 0.1) is 0 Å². The fourth-order valence-electron chi connectivity index (χ4n) is 5.77. The van der Waals surface area contributed by atoms with Gasteiger partial charge in [0.25, 0.3) is 0 Å². The van der Waals surface area contributed by atoms with Gasteiger partial charge < -0.3 is 14.6 Å². The standard InChI is InChI=1S/C26H42N4O/c1-20(2)28-12-9-23(10-13-28)29-15-14-27(19-24(29)11-16-31)17-22-18-30(21(3)4)26-8-6-5-7-25(22)26/h5-8,18,20-21,23-24,31H,9-17,19H2,1-4H3. The maximum Gasteiger partial charge on any atom is 0.0486 e. The molecule has 3 heterocycles. The summed E-state index contributed by atoms with van der Waals surface area (Å²) in [6, 6.07) is 11.1. The zero-order chi connectivity index (χ0) is 22.0. The molecule has 2 saturated heterocycles. The number of nitrogens with zero attached hydrogens (tertiary/aromatic N) is 4. The number of piperazine rings is 1. The van der Waals surface area contributed by atoms with Crippen LogP contribution in [0.15, 0.2) is 30.5 Å². The van der Waals surface area contributed by atoms with E-state index in [1.165, 1.54) is 42.4 Å². The molecule has 0 amide bonds. The molecule has 0 radical (unpaired) electrons. The molecule has 0 aliphatic carbocycles. The Labute approximate surface area is 188 Å². The summed E-state index contributed by atoms with van der Waals surface area (Å²) in [5.41, 5.74) is 2.78. The minimum Gasteiger partial charge on any atom is -0.396 e. The highest BCUT2D eigenvalue weighted by atomic mass is 16.3. The number of aliphatic hydroxyl groups is 1. The number of para-hydroxylation sites is 1. The zero-order valence-electron chi connectivity index (χ0n) is 20.0. The number of likely N-dealkylation sites (tertiary alicyclic amines) is 1. The van der Waals surface area contributed by atoms with Crippen LogP contribution in [-0.2, 0) is 6.54 Å². The second kappa shape index (κ2) is 10.0. The normalized spacial score (nSPS) is 22.9. The van der Waals surface area contributed by atoms with E-state index in [4.69, 9.17) is 0 Å². The van der Waals surface area contributed by atoms with E-state index in [1.54, 1.807) is 0 Å². The van der Waals surface area contributed by atoms with E-state index in [-0.39, 0.29) is 6.61 Å². The molecule has 2 aromatic rings. The lowest BCUT2D eigenvalue weighted by Gasteiger charge is -2.48. The van der Waals surface area contributed by atoms with Crippen molar-refractivity contribution in [1.82, 2.24) is 19.3 Å². The average Bonchev–Trinajstić information content (AvgIpc) is 3.13. The quantitative estimate of drug-likeness (QED) is 0.727. The first-order valence-electron chi connectivity index (χ1n) is 12.4. The van der Waals surface area contributed by atoms with Crippen molar-refractivity contribution in [3.8, 4) is 0 Å². The molecule has 2 fully saturated rings. The van der Waals surface area contributed by atoms with Crippen LogP contribution >= 0.6 is 0 Å². The number of hydrogen-bond donors (Lipinski definition) is 1. The molecule has 2 aliphatic rings. The molecule has 5 heteroatoms. The topological polar surface area (TPSA) is 34.9 Å². The Morgan fingerprint density at radius 1 is 0.968 bits per heavy atom. The fraction of sp³-hybridized carbons (Fsp3) is 0.692. The van der Waals surface area contributed by atoms with Gasteiger partial charge in [0, 0.05) is 74.1 Å².